The molecular weight excluding hydrogens is 421 g/mol. The maximum Gasteiger partial charge on any atom is 0.273 e. The standard InChI is InChI=1S/C26H26FN3O3/c1-2-3-6-17-33-22-15-9-19(10-16-22)18-28-30-26(32)23-7-4-5-8-24(23)29-25(31)20-11-13-21(27)14-12-20/h4-5,7-16,18H,2-3,6,17H2,1H3,(H,29,31)(H,30,32)/b28-18+. The second-order valence-corrected chi connectivity index (χ2v) is 7.33. The zero-order chi connectivity index (χ0) is 23.5. The summed E-state index contributed by atoms with van der Waals surface area (Å²) in [6.07, 6.45) is 4.84. The van der Waals surface area contributed by atoms with E-state index < -0.39 is 17.6 Å². The summed E-state index contributed by atoms with van der Waals surface area (Å²) in [5, 5.41) is 6.68. The van der Waals surface area contributed by atoms with Gasteiger partial charge in [0.1, 0.15) is 11.6 Å². The zero-order valence-electron chi connectivity index (χ0n) is 18.4. The number of hydrazone groups is 1. The third-order valence-corrected chi connectivity index (χ3v) is 4.80. The van der Waals surface area contributed by atoms with E-state index in [0.29, 0.717) is 12.3 Å². The SMILES string of the molecule is CCCCCOc1ccc(/C=N/NC(=O)c2ccccc2NC(=O)c2ccc(F)cc2)cc1. The first-order chi connectivity index (χ1) is 16.1. The molecule has 3 aromatic rings. The second-order valence-electron chi connectivity index (χ2n) is 7.33. The number of benzene rings is 3. The summed E-state index contributed by atoms with van der Waals surface area (Å²) >= 11 is 0. The predicted octanol–water partition coefficient (Wildman–Crippen LogP) is 5.41. The zero-order valence-corrected chi connectivity index (χ0v) is 18.4. The summed E-state index contributed by atoms with van der Waals surface area (Å²) in [6, 6.07) is 19.1. The average molecular weight is 448 g/mol. The fraction of sp³-hybridized carbons (Fsp3) is 0.192. The first-order valence-corrected chi connectivity index (χ1v) is 10.8. The Labute approximate surface area is 192 Å². The highest BCUT2D eigenvalue weighted by atomic mass is 19.1. The molecule has 0 spiro atoms. The number of rotatable bonds is 10. The first-order valence-electron chi connectivity index (χ1n) is 10.8. The number of halogens is 1. The van der Waals surface area contributed by atoms with Gasteiger partial charge in [-0.25, -0.2) is 9.82 Å². The van der Waals surface area contributed by atoms with E-state index in [1.54, 1.807) is 24.3 Å². The van der Waals surface area contributed by atoms with Gasteiger partial charge < -0.3 is 10.1 Å². The van der Waals surface area contributed by atoms with Gasteiger partial charge in [-0.2, -0.15) is 5.10 Å². The van der Waals surface area contributed by atoms with Crippen molar-refractivity contribution in [2.75, 3.05) is 11.9 Å². The van der Waals surface area contributed by atoms with Gasteiger partial charge in [0.25, 0.3) is 11.8 Å². The lowest BCUT2D eigenvalue weighted by molar-refractivity contribution is 0.0956. The highest BCUT2D eigenvalue weighted by molar-refractivity contribution is 6.09. The number of amides is 2. The number of nitrogens with zero attached hydrogens (tertiary/aromatic N) is 1. The number of carbonyl (C=O) groups excluding carboxylic acids is 2. The van der Waals surface area contributed by atoms with E-state index in [9.17, 15) is 14.0 Å². The Morgan fingerprint density at radius 3 is 2.39 bits per heavy atom. The molecule has 0 aliphatic heterocycles. The number of anilines is 1. The molecule has 3 aromatic carbocycles. The van der Waals surface area contributed by atoms with Gasteiger partial charge in [0.15, 0.2) is 0 Å². The van der Waals surface area contributed by atoms with E-state index in [1.165, 1.54) is 30.5 Å². The van der Waals surface area contributed by atoms with E-state index in [1.807, 2.05) is 24.3 Å². The van der Waals surface area contributed by atoms with Gasteiger partial charge in [0.05, 0.1) is 24.1 Å². The maximum atomic E-state index is 13.1. The van der Waals surface area contributed by atoms with Gasteiger partial charge in [0.2, 0.25) is 0 Å². The van der Waals surface area contributed by atoms with Crippen molar-refractivity contribution < 1.29 is 18.7 Å². The Morgan fingerprint density at radius 2 is 1.67 bits per heavy atom. The largest absolute Gasteiger partial charge is 0.494 e. The number of carbonyl (C=O) groups is 2. The molecule has 3 rings (SSSR count). The van der Waals surface area contributed by atoms with Crippen LogP contribution in [0, 0.1) is 5.82 Å². The Kier molecular flexibility index (Phi) is 8.71. The maximum absolute atomic E-state index is 13.1. The van der Waals surface area contributed by atoms with Crippen molar-refractivity contribution in [3.8, 4) is 5.75 Å². The van der Waals surface area contributed by atoms with Crippen LogP contribution in [0.4, 0.5) is 10.1 Å². The van der Waals surface area contributed by atoms with Crippen LogP contribution in [0.15, 0.2) is 77.9 Å². The number of unbranched alkanes of at least 4 members (excludes halogenated alkanes) is 2. The monoisotopic (exact) mass is 447 g/mol. The molecule has 0 aromatic heterocycles. The Hall–Kier alpha value is -4.00. The van der Waals surface area contributed by atoms with Crippen LogP contribution < -0.4 is 15.5 Å². The number of hydrogen-bond donors (Lipinski definition) is 2. The third-order valence-electron chi connectivity index (χ3n) is 4.80. The minimum atomic E-state index is -0.475. The minimum Gasteiger partial charge on any atom is -0.494 e. The van der Waals surface area contributed by atoms with E-state index in [0.717, 1.165) is 30.6 Å². The lowest BCUT2D eigenvalue weighted by Crippen LogP contribution is -2.21. The molecule has 0 saturated heterocycles. The Morgan fingerprint density at radius 1 is 0.939 bits per heavy atom. The second kappa shape index (κ2) is 12.1. The molecule has 0 unspecified atom stereocenters. The quantitative estimate of drug-likeness (QED) is 0.248. The molecule has 0 atom stereocenters. The lowest BCUT2D eigenvalue weighted by Gasteiger charge is -2.10. The van der Waals surface area contributed by atoms with Crippen molar-refractivity contribution in [1.82, 2.24) is 5.43 Å². The fourth-order valence-electron chi connectivity index (χ4n) is 3.00. The predicted molar refractivity (Wildman–Crippen MR) is 127 cm³/mol. The Bertz CT molecular complexity index is 1100. The molecule has 2 amide bonds. The molecule has 0 radical (unpaired) electrons. The molecule has 0 fully saturated rings. The van der Waals surface area contributed by atoms with E-state index in [2.05, 4.69) is 22.8 Å². The van der Waals surface area contributed by atoms with Crippen molar-refractivity contribution in [2.45, 2.75) is 26.2 Å². The van der Waals surface area contributed by atoms with Crippen LogP contribution in [-0.4, -0.2) is 24.6 Å². The Balaban J connectivity index is 1.57. The molecule has 7 heteroatoms. The summed E-state index contributed by atoms with van der Waals surface area (Å²) in [6.45, 7) is 2.84. The number of hydrogen-bond acceptors (Lipinski definition) is 4. The van der Waals surface area contributed by atoms with Gasteiger partial charge in [-0.15, -0.1) is 0 Å². The molecule has 0 bridgehead atoms. The van der Waals surface area contributed by atoms with Crippen molar-refractivity contribution >= 4 is 23.7 Å². The minimum absolute atomic E-state index is 0.251. The molecule has 2 N–H and O–H groups in total. The van der Waals surface area contributed by atoms with Crippen molar-refractivity contribution in [3.63, 3.8) is 0 Å². The third kappa shape index (κ3) is 7.28. The van der Waals surface area contributed by atoms with E-state index in [-0.39, 0.29) is 11.1 Å². The number of ether oxygens (including phenoxy) is 1. The van der Waals surface area contributed by atoms with Crippen molar-refractivity contribution in [2.24, 2.45) is 5.10 Å². The van der Waals surface area contributed by atoms with Crippen LogP contribution in [0.1, 0.15) is 52.5 Å². The van der Waals surface area contributed by atoms with Crippen molar-refractivity contribution in [1.29, 1.82) is 0 Å². The fourth-order valence-corrected chi connectivity index (χ4v) is 3.00. The van der Waals surface area contributed by atoms with Gasteiger partial charge in [-0.05, 0) is 72.6 Å². The van der Waals surface area contributed by atoms with Crippen LogP contribution in [0.5, 0.6) is 5.75 Å². The molecule has 6 nitrogen and oxygen atoms in total. The molecule has 0 aliphatic rings. The lowest BCUT2D eigenvalue weighted by atomic mass is 10.1. The molecule has 33 heavy (non-hydrogen) atoms. The highest BCUT2D eigenvalue weighted by Gasteiger charge is 2.13. The van der Waals surface area contributed by atoms with E-state index in [4.69, 9.17) is 4.74 Å². The normalized spacial score (nSPS) is 10.7. The molecular formula is C26H26FN3O3. The molecule has 0 aliphatic carbocycles. The van der Waals surface area contributed by atoms with Crippen LogP contribution in [0.3, 0.4) is 0 Å². The van der Waals surface area contributed by atoms with Gasteiger partial charge >= 0.3 is 0 Å². The topological polar surface area (TPSA) is 79.8 Å². The van der Waals surface area contributed by atoms with Crippen LogP contribution in [0.2, 0.25) is 0 Å². The van der Waals surface area contributed by atoms with Gasteiger partial charge in [-0.1, -0.05) is 31.9 Å². The van der Waals surface area contributed by atoms with E-state index >= 15 is 0 Å². The highest BCUT2D eigenvalue weighted by Crippen LogP contribution is 2.17. The average Bonchev–Trinajstić information content (AvgIpc) is 2.83. The molecule has 170 valence electrons. The van der Waals surface area contributed by atoms with Crippen LogP contribution in [0.25, 0.3) is 0 Å². The summed E-state index contributed by atoms with van der Waals surface area (Å²) in [7, 11) is 0. The summed E-state index contributed by atoms with van der Waals surface area (Å²) in [4.78, 5) is 25.0. The van der Waals surface area contributed by atoms with Crippen LogP contribution in [-0.2, 0) is 0 Å². The summed E-state index contributed by atoms with van der Waals surface area (Å²) in [5.41, 5.74) is 4.12. The molecule has 0 heterocycles. The van der Waals surface area contributed by atoms with Gasteiger partial charge in [-0.3, -0.25) is 9.59 Å². The summed E-state index contributed by atoms with van der Waals surface area (Å²) in [5.74, 6) is -0.565. The number of nitrogens with one attached hydrogen (secondary N) is 2. The van der Waals surface area contributed by atoms with Crippen LogP contribution >= 0.6 is 0 Å². The summed E-state index contributed by atoms with van der Waals surface area (Å²) < 4.78 is 18.8. The number of para-hydroxylation sites is 1. The molecule has 0 saturated carbocycles. The first kappa shape index (κ1) is 23.7. The van der Waals surface area contributed by atoms with Crippen molar-refractivity contribution in [3.05, 3.63) is 95.3 Å². The smallest absolute Gasteiger partial charge is 0.273 e. The van der Waals surface area contributed by atoms with Gasteiger partial charge in [0, 0.05) is 5.56 Å².